The van der Waals surface area contributed by atoms with E-state index in [0.29, 0.717) is 12.8 Å². The molecule has 0 saturated carbocycles. The van der Waals surface area contributed by atoms with E-state index in [9.17, 15) is 30.4 Å². The summed E-state index contributed by atoms with van der Waals surface area (Å²) in [4.78, 5) is 0. The predicted molar refractivity (Wildman–Crippen MR) is 143 cm³/mol. The van der Waals surface area contributed by atoms with Crippen LogP contribution in [0.15, 0.2) is 83.2 Å². The summed E-state index contributed by atoms with van der Waals surface area (Å²) >= 11 is 0. The van der Waals surface area contributed by atoms with Gasteiger partial charge in [0.2, 0.25) is 10.0 Å². The highest BCUT2D eigenvalue weighted by Crippen LogP contribution is 2.49. The van der Waals surface area contributed by atoms with Crippen LogP contribution in [0.4, 0.5) is 27.6 Å². The summed E-state index contributed by atoms with van der Waals surface area (Å²) in [6, 6.07) is 11.2. The quantitative estimate of drug-likeness (QED) is 0.377. The van der Waals surface area contributed by atoms with Gasteiger partial charge >= 0.3 is 6.18 Å². The molecule has 1 N–H and O–H groups in total. The first-order valence-electron chi connectivity index (χ1n) is 13.1. The molecular weight excluding hydrogens is 549 g/mol. The van der Waals surface area contributed by atoms with Crippen molar-refractivity contribution < 1.29 is 30.4 Å². The maximum absolute atomic E-state index is 14.3. The van der Waals surface area contributed by atoms with E-state index < -0.39 is 33.8 Å². The highest BCUT2D eigenvalue weighted by Gasteiger charge is 2.45. The monoisotopic (exact) mass is 579 g/mol. The zero-order chi connectivity index (χ0) is 28.8. The number of hydrogen-bond donors (Lipinski definition) is 1. The van der Waals surface area contributed by atoms with Crippen LogP contribution in [-0.4, -0.2) is 37.2 Å². The molecule has 0 bridgehead atoms. The summed E-state index contributed by atoms with van der Waals surface area (Å²) in [6.07, 6.45) is 0.131. The van der Waals surface area contributed by atoms with Crippen molar-refractivity contribution in [2.45, 2.75) is 45.3 Å². The number of nitrogens with one attached hydrogen (secondary N) is 1. The van der Waals surface area contributed by atoms with Gasteiger partial charge in [0.1, 0.15) is 11.6 Å². The summed E-state index contributed by atoms with van der Waals surface area (Å²) in [6.45, 7) is 3.38. The Kier molecular flexibility index (Phi) is 7.56. The van der Waals surface area contributed by atoms with Gasteiger partial charge in [-0.05, 0) is 79.6 Å². The number of benzene rings is 2. The van der Waals surface area contributed by atoms with Gasteiger partial charge in [0.15, 0.2) is 5.75 Å². The maximum Gasteiger partial charge on any atom is 0.404 e. The largest absolute Gasteiger partial charge is 0.404 e. The second-order valence-electron chi connectivity index (χ2n) is 10.5. The Morgan fingerprint density at radius 2 is 1.80 bits per heavy atom. The molecular formula is C29H30F5N3O2S. The lowest BCUT2D eigenvalue weighted by Gasteiger charge is -2.36. The highest BCUT2D eigenvalue weighted by molar-refractivity contribution is 7.89. The lowest BCUT2D eigenvalue weighted by Crippen LogP contribution is -2.47. The molecule has 2 aromatic rings. The second kappa shape index (κ2) is 10.7. The first-order chi connectivity index (χ1) is 18.9. The third kappa shape index (κ3) is 5.54. The van der Waals surface area contributed by atoms with Gasteiger partial charge in [-0.25, -0.2) is 17.2 Å². The van der Waals surface area contributed by atoms with Crippen LogP contribution in [0.5, 0.6) is 0 Å². The molecule has 0 aromatic heterocycles. The van der Waals surface area contributed by atoms with Crippen LogP contribution >= 0.6 is 0 Å². The summed E-state index contributed by atoms with van der Waals surface area (Å²) in [7, 11) is -4.74. The Balaban J connectivity index is 1.45. The zero-order valence-electron chi connectivity index (χ0n) is 22.1. The van der Waals surface area contributed by atoms with Crippen molar-refractivity contribution in [1.82, 2.24) is 9.73 Å². The van der Waals surface area contributed by atoms with Crippen LogP contribution in [0.2, 0.25) is 0 Å². The van der Waals surface area contributed by atoms with E-state index in [1.165, 1.54) is 30.3 Å². The molecule has 3 atom stereocenters. The molecule has 214 valence electrons. The first kappa shape index (κ1) is 28.4. The Labute approximate surface area is 230 Å². The molecule has 1 unspecified atom stereocenters. The minimum atomic E-state index is -4.91. The molecule has 0 radical (unpaired) electrons. The van der Waals surface area contributed by atoms with Crippen LogP contribution in [0.25, 0.3) is 0 Å². The predicted octanol–water partition coefficient (Wildman–Crippen LogP) is 6.24. The van der Waals surface area contributed by atoms with Gasteiger partial charge < -0.3 is 5.43 Å². The molecule has 0 fully saturated rings. The van der Waals surface area contributed by atoms with Crippen LogP contribution in [0.3, 0.4) is 0 Å². The Morgan fingerprint density at radius 3 is 2.48 bits per heavy atom. The molecule has 1 aliphatic heterocycles. The number of halogens is 5. The molecule has 0 spiro atoms. The molecule has 2 aliphatic carbocycles. The minimum absolute atomic E-state index is 0.0476. The van der Waals surface area contributed by atoms with Crippen molar-refractivity contribution in [3.8, 4) is 0 Å². The number of allylic oxidation sites excluding steroid dienone is 3. The van der Waals surface area contributed by atoms with E-state index in [4.69, 9.17) is 0 Å². The van der Waals surface area contributed by atoms with Crippen molar-refractivity contribution >= 4 is 15.7 Å². The van der Waals surface area contributed by atoms with Gasteiger partial charge in [0.25, 0.3) is 0 Å². The minimum Gasteiger partial charge on any atom is -0.301 e. The van der Waals surface area contributed by atoms with E-state index in [1.807, 2.05) is 24.2 Å². The number of hydrogen-bond acceptors (Lipinski definition) is 4. The van der Waals surface area contributed by atoms with Crippen molar-refractivity contribution in [2.75, 3.05) is 17.3 Å². The fourth-order valence-electron chi connectivity index (χ4n) is 6.16. The Bertz CT molecular complexity index is 1480. The Hall–Kier alpha value is -3.18. The van der Waals surface area contributed by atoms with Crippen molar-refractivity contribution in [3.63, 3.8) is 0 Å². The molecule has 1 heterocycles. The zero-order valence-corrected chi connectivity index (χ0v) is 22.9. The van der Waals surface area contributed by atoms with Crippen LogP contribution in [-0.2, 0) is 16.4 Å². The molecule has 0 saturated heterocycles. The lowest BCUT2D eigenvalue weighted by atomic mass is 9.78. The van der Waals surface area contributed by atoms with E-state index in [1.54, 1.807) is 25.1 Å². The maximum atomic E-state index is 14.3. The molecule has 40 heavy (non-hydrogen) atoms. The average Bonchev–Trinajstić information content (AvgIpc) is 3.49. The van der Waals surface area contributed by atoms with Gasteiger partial charge in [0, 0.05) is 30.3 Å². The molecule has 5 rings (SSSR count). The molecule has 2 aromatic carbocycles. The molecule has 3 aliphatic rings. The van der Waals surface area contributed by atoms with Crippen molar-refractivity contribution in [2.24, 2.45) is 11.8 Å². The van der Waals surface area contributed by atoms with Crippen molar-refractivity contribution in [3.05, 3.63) is 100 Å². The summed E-state index contributed by atoms with van der Waals surface area (Å²) in [5.41, 5.74) is 8.07. The van der Waals surface area contributed by atoms with Crippen LogP contribution in [0, 0.1) is 23.5 Å². The van der Waals surface area contributed by atoms with Gasteiger partial charge in [0.05, 0.1) is 11.4 Å². The fraction of sp³-hybridized carbons (Fsp3) is 0.379. The lowest BCUT2D eigenvalue weighted by molar-refractivity contribution is -0.107. The number of anilines is 1. The number of hydrazine groups is 1. The smallest absolute Gasteiger partial charge is 0.301 e. The van der Waals surface area contributed by atoms with E-state index >= 15 is 0 Å². The van der Waals surface area contributed by atoms with Gasteiger partial charge in [-0.3, -0.25) is 5.01 Å². The first-order valence-corrected chi connectivity index (χ1v) is 14.7. The average molecular weight is 580 g/mol. The fourth-order valence-corrected chi connectivity index (χ4v) is 7.76. The third-order valence-corrected chi connectivity index (χ3v) is 9.93. The topological polar surface area (TPSA) is 52.6 Å². The van der Waals surface area contributed by atoms with Crippen LogP contribution in [0.1, 0.15) is 32.3 Å². The van der Waals surface area contributed by atoms with Gasteiger partial charge in [-0.1, -0.05) is 30.7 Å². The van der Waals surface area contributed by atoms with E-state index in [2.05, 4.69) is 5.43 Å². The number of alkyl halides is 3. The van der Waals surface area contributed by atoms with E-state index in [0.717, 1.165) is 32.4 Å². The number of sulfonamides is 1. The normalized spacial score (nSPS) is 21.6. The van der Waals surface area contributed by atoms with Crippen molar-refractivity contribution in [1.29, 1.82) is 0 Å². The molecule has 11 heteroatoms. The summed E-state index contributed by atoms with van der Waals surface area (Å²) < 4.78 is 94.9. The number of nitrogens with zero attached hydrogens (tertiary/aromatic N) is 2. The second-order valence-corrected chi connectivity index (χ2v) is 12.4. The van der Waals surface area contributed by atoms with Gasteiger partial charge in [-0.2, -0.15) is 17.5 Å². The highest BCUT2D eigenvalue weighted by atomic mass is 32.2. The van der Waals surface area contributed by atoms with Crippen LogP contribution < -0.4 is 10.4 Å². The molecule has 0 amide bonds. The standard InChI is InChI=1S/C29H30F5N3O2S/c1-18-25-16-35-37(23-10-8-22(30)9-11-23)27(25)15-21-7-12-24(28(18)21)19(2)36(40(38,39)17-29(32,33)34)14-13-20-5-3-4-6-26(20)31/h3-6,8-11,15-16,18-19,24,35H,7,12-14,17H2,1-2H3/t18-,19?,24-/m0/s1. The molecule has 5 nitrogen and oxygen atoms in total. The summed E-state index contributed by atoms with van der Waals surface area (Å²) in [5, 5.41) is 1.85. The summed E-state index contributed by atoms with van der Waals surface area (Å²) in [5.74, 6) is -3.28. The van der Waals surface area contributed by atoms with E-state index in [-0.39, 0.29) is 36.2 Å². The third-order valence-electron chi connectivity index (χ3n) is 8.01. The number of fused-ring (bicyclic) bond motifs is 1. The SMILES string of the molecule is CC([C@@H]1CCC2=C1[C@@H](C)C1=CNN(c3ccc(F)cc3)C1=C2)N(CCc1ccccc1F)S(=O)(=O)CC(F)(F)F. The number of rotatable bonds is 8. The van der Waals surface area contributed by atoms with Gasteiger partial charge in [-0.15, -0.1) is 0 Å². The Morgan fingerprint density at radius 1 is 1.10 bits per heavy atom.